The zero-order valence-electron chi connectivity index (χ0n) is 9.93. The molecule has 0 fully saturated rings. The van der Waals surface area contributed by atoms with Crippen molar-refractivity contribution in [3.63, 3.8) is 0 Å². The van der Waals surface area contributed by atoms with Crippen molar-refractivity contribution in [1.82, 2.24) is 10.2 Å². The van der Waals surface area contributed by atoms with Crippen LogP contribution in [0.15, 0.2) is 24.3 Å². The number of likely N-dealkylation sites (N-methyl/N-ethyl adjacent to an activating group) is 1. The molecule has 0 spiro atoms. The first-order chi connectivity index (χ1) is 8.06. The van der Waals surface area contributed by atoms with Crippen LogP contribution in [0.2, 0.25) is 0 Å². The second-order valence-electron chi connectivity index (χ2n) is 3.69. The van der Waals surface area contributed by atoms with Crippen LogP contribution >= 0.6 is 0 Å². The number of nitrogens with zero attached hydrogens (tertiary/aromatic N) is 1. The van der Waals surface area contributed by atoms with Gasteiger partial charge >= 0.3 is 12.0 Å². The summed E-state index contributed by atoms with van der Waals surface area (Å²) in [5.41, 5.74) is 1.02. The summed E-state index contributed by atoms with van der Waals surface area (Å²) in [4.78, 5) is 23.7. The van der Waals surface area contributed by atoms with E-state index in [-0.39, 0.29) is 11.6 Å². The Bertz CT molecular complexity index is 418. The van der Waals surface area contributed by atoms with Crippen LogP contribution in [-0.4, -0.2) is 42.6 Å². The van der Waals surface area contributed by atoms with Crippen molar-refractivity contribution in [1.29, 1.82) is 0 Å². The Morgan fingerprint density at radius 1 is 1.35 bits per heavy atom. The second kappa shape index (κ2) is 5.89. The van der Waals surface area contributed by atoms with Gasteiger partial charge in [-0.2, -0.15) is 0 Å². The van der Waals surface area contributed by atoms with Gasteiger partial charge in [0.2, 0.25) is 0 Å². The van der Waals surface area contributed by atoms with Gasteiger partial charge in [0.15, 0.2) is 0 Å². The summed E-state index contributed by atoms with van der Waals surface area (Å²) in [5, 5.41) is 11.5. The zero-order chi connectivity index (χ0) is 12.8. The highest BCUT2D eigenvalue weighted by molar-refractivity contribution is 5.89. The van der Waals surface area contributed by atoms with Gasteiger partial charge in [0, 0.05) is 20.6 Å². The Balaban J connectivity index is 2.69. The molecular formula is C12H16N2O3. The fourth-order valence-corrected chi connectivity index (χ4v) is 1.53. The fourth-order valence-electron chi connectivity index (χ4n) is 1.53. The minimum atomic E-state index is -0.941. The van der Waals surface area contributed by atoms with E-state index in [1.165, 1.54) is 4.90 Å². The molecule has 0 radical (unpaired) electrons. The first-order valence-electron chi connectivity index (χ1n) is 5.30. The molecule has 0 atom stereocenters. The van der Waals surface area contributed by atoms with Crippen LogP contribution in [-0.2, 0) is 6.42 Å². The van der Waals surface area contributed by atoms with Crippen molar-refractivity contribution >= 4 is 12.0 Å². The molecule has 2 amide bonds. The standard InChI is InChI=1S/C12H16N2O3/c1-13-12(17)14(2)8-7-9-5-3-4-6-10(9)11(15)16/h3-6H,7-8H2,1-2H3,(H,13,17)(H,15,16). The molecule has 1 aromatic carbocycles. The maximum Gasteiger partial charge on any atom is 0.335 e. The number of amides is 2. The van der Waals surface area contributed by atoms with Crippen molar-refractivity contribution in [3.05, 3.63) is 35.4 Å². The number of aromatic carboxylic acids is 1. The summed E-state index contributed by atoms with van der Waals surface area (Å²) in [6.07, 6.45) is 0.520. The number of rotatable bonds is 4. The highest BCUT2D eigenvalue weighted by Gasteiger charge is 2.11. The summed E-state index contributed by atoms with van der Waals surface area (Å²) >= 11 is 0. The number of nitrogens with one attached hydrogen (secondary N) is 1. The van der Waals surface area contributed by atoms with E-state index in [0.29, 0.717) is 13.0 Å². The topological polar surface area (TPSA) is 69.6 Å². The van der Waals surface area contributed by atoms with Gasteiger partial charge < -0.3 is 15.3 Å². The van der Waals surface area contributed by atoms with E-state index in [4.69, 9.17) is 5.11 Å². The number of carboxylic acid groups (broad SMARTS) is 1. The van der Waals surface area contributed by atoms with Gasteiger partial charge in [0.25, 0.3) is 0 Å². The Kier molecular flexibility index (Phi) is 4.51. The monoisotopic (exact) mass is 236 g/mol. The Morgan fingerprint density at radius 3 is 2.59 bits per heavy atom. The summed E-state index contributed by atoms with van der Waals surface area (Å²) in [6, 6.07) is 6.63. The number of hydrogen-bond donors (Lipinski definition) is 2. The average molecular weight is 236 g/mol. The third kappa shape index (κ3) is 3.48. The van der Waals surface area contributed by atoms with Crippen LogP contribution < -0.4 is 5.32 Å². The zero-order valence-corrected chi connectivity index (χ0v) is 9.93. The van der Waals surface area contributed by atoms with E-state index in [2.05, 4.69) is 5.32 Å². The van der Waals surface area contributed by atoms with Gasteiger partial charge in [-0.05, 0) is 18.1 Å². The number of carboxylic acids is 1. The van der Waals surface area contributed by atoms with Crippen molar-refractivity contribution in [2.24, 2.45) is 0 Å². The molecule has 0 aromatic heterocycles. The number of hydrogen-bond acceptors (Lipinski definition) is 2. The molecular weight excluding hydrogens is 220 g/mol. The third-order valence-corrected chi connectivity index (χ3v) is 2.52. The van der Waals surface area contributed by atoms with E-state index in [1.54, 1.807) is 38.4 Å². The molecule has 0 saturated heterocycles. The van der Waals surface area contributed by atoms with E-state index < -0.39 is 5.97 Å². The molecule has 0 unspecified atom stereocenters. The van der Waals surface area contributed by atoms with Gasteiger partial charge in [-0.1, -0.05) is 18.2 Å². The molecule has 5 nitrogen and oxygen atoms in total. The predicted octanol–water partition coefficient (Wildman–Crippen LogP) is 1.20. The van der Waals surface area contributed by atoms with Crippen molar-refractivity contribution in [3.8, 4) is 0 Å². The number of carbonyl (C=O) groups is 2. The third-order valence-electron chi connectivity index (χ3n) is 2.52. The lowest BCUT2D eigenvalue weighted by molar-refractivity contribution is 0.0695. The molecule has 1 aromatic rings. The Hall–Kier alpha value is -2.04. The van der Waals surface area contributed by atoms with Crippen LogP contribution in [0.25, 0.3) is 0 Å². The van der Waals surface area contributed by atoms with Crippen molar-refractivity contribution < 1.29 is 14.7 Å². The van der Waals surface area contributed by atoms with Crippen LogP contribution in [0.4, 0.5) is 4.79 Å². The second-order valence-corrected chi connectivity index (χ2v) is 3.69. The lowest BCUT2D eigenvalue weighted by Crippen LogP contribution is -2.36. The number of carbonyl (C=O) groups excluding carboxylic acids is 1. The quantitative estimate of drug-likeness (QED) is 0.825. The maximum absolute atomic E-state index is 11.3. The van der Waals surface area contributed by atoms with E-state index >= 15 is 0 Å². The molecule has 0 saturated carbocycles. The number of benzene rings is 1. The van der Waals surface area contributed by atoms with Gasteiger partial charge in [-0.3, -0.25) is 0 Å². The normalized spacial score (nSPS) is 9.76. The molecule has 0 aliphatic carbocycles. The van der Waals surface area contributed by atoms with E-state index in [9.17, 15) is 9.59 Å². The van der Waals surface area contributed by atoms with Gasteiger partial charge in [-0.15, -0.1) is 0 Å². The first kappa shape index (κ1) is 13.0. The van der Waals surface area contributed by atoms with Crippen LogP contribution in [0.1, 0.15) is 15.9 Å². The molecule has 0 heterocycles. The molecule has 0 aliphatic rings. The average Bonchev–Trinajstić information content (AvgIpc) is 2.35. The minimum Gasteiger partial charge on any atom is -0.478 e. The highest BCUT2D eigenvalue weighted by atomic mass is 16.4. The fraction of sp³-hybridized carbons (Fsp3) is 0.333. The molecule has 92 valence electrons. The lowest BCUT2D eigenvalue weighted by Gasteiger charge is -2.16. The van der Waals surface area contributed by atoms with Gasteiger partial charge in [0.05, 0.1) is 5.56 Å². The summed E-state index contributed by atoms with van der Waals surface area (Å²) in [5.74, 6) is -0.941. The maximum atomic E-state index is 11.3. The van der Waals surface area contributed by atoms with Crippen molar-refractivity contribution in [2.45, 2.75) is 6.42 Å². The Morgan fingerprint density at radius 2 is 2.00 bits per heavy atom. The van der Waals surface area contributed by atoms with E-state index in [1.807, 2.05) is 0 Å². The summed E-state index contributed by atoms with van der Waals surface area (Å²) < 4.78 is 0. The molecule has 2 N–H and O–H groups in total. The van der Waals surface area contributed by atoms with Crippen molar-refractivity contribution in [2.75, 3.05) is 20.6 Å². The van der Waals surface area contributed by atoms with Gasteiger partial charge in [-0.25, -0.2) is 9.59 Å². The van der Waals surface area contributed by atoms with Crippen LogP contribution in [0.3, 0.4) is 0 Å². The number of urea groups is 1. The molecule has 0 bridgehead atoms. The van der Waals surface area contributed by atoms with Crippen LogP contribution in [0.5, 0.6) is 0 Å². The summed E-state index contributed by atoms with van der Waals surface area (Å²) in [6.45, 7) is 0.476. The molecule has 17 heavy (non-hydrogen) atoms. The molecule has 1 rings (SSSR count). The van der Waals surface area contributed by atoms with Gasteiger partial charge in [0.1, 0.15) is 0 Å². The van der Waals surface area contributed by atoms with Crippen LogP contribution in [0, 0.1) is 0 Å². The summed E-state index contributed by atoms with van der Waals surface area (Å²) in [7, 11) is 3.23. The molecule has 5 heteroatoms. The first-order valence-corrected chi connectivity index (χ1v) is 5.30. The minimum absolute atomic E-state index is 0.183. The molecule has 0 aliphatic heterocycles. The Labute approximate surface area is 100 Å². The highest BCUT2D eigenvalue weighted by Crippen LogP contribution is 2.09. The largest absolute Gasteiger partial charge is 0.478 e. The SMILES string of the molecule is CNC(=O)N(C)CCc1ccccc1C(=O)O. The lowest BCUT2D eigenvalue weighted by atomic mass is 10.0. The predicted molar refractivity (Wildman–Crippen MR) is 64.2 cm³/mol. The van der Waals surface area contributed by atoms with E-state index in [0.717, 1.165) is 5.56 Å². The smallest absolute Gasteiger partial charge is 0.335 e.